The predicted octanol–water partition coefficient (Wildman–Crippen LogP) is -0.767. The quantitative estimate of drug-likeness (QED) is 0.623. The van der Waals surface area contributed by atoms with E-state index in [1.54, 1.807) is 11.8 Å². The van der Waals surface area contributed by atoms with Gasteiger partial charge in [-0.05, 0) is 18.4 Å². The molecule has 1 unspecified atom stereocenters. The third kappa shape index (κ3) is 11.1. The number of carbonyl (C=O) groups is 1. The first-order chi connectivity index (χ1) is 4.18. The Hall–Kier alpha value is 1.07. The van der Waals surface area contributed by atoms with E-state index >= 15 is 0 Å². The van der Waals surface area contributed by atoms with Gasteiger partial charge in [-0.25, -0.2) is 0 Å². The summed E-state index contributed by atoms with van der Waals surface area (Å²) >= 11 is 1.60. The normalized spacial score (nSPS) is 10.7. The monoisotopic (exact) mass is 230 g/mol. The molecule has 0 amide bonds. The van der Waals surface area contributed by atoms with E-state index in [2.05, 4.69) is 0 Å². The molecule has 0 aromatic carbocycles. The van der Waals surface area contributed by atoms with Gasteiger partial charge in [-0.15, -0.1) is 0 Å². The molecule has 1 radical (unpaired) electrons. The Bertz CT molecular complexity index is 106. The molecule has 0 spiro atoms. The molecular formula is C5H13MgMnNO2S. The smallest absolute Gasteiger partial charge is 0.320 e. The van der Waals surface area contributed by atoms with Gasteiger partial charge >= 0.3 is 29.0 Å². The zero-order chi connectivity index (χ0) is 7.28. The van der Waals surface area contributed by atoms with Gasteiger partial charge in [-0.1, -0.05) is 0 Å². The summed E-state index contributed by atoms with van der Waals surface area (Å²) in [6.45, 7) is 0. The van der Waals surface area contributed by atoms with Gasteiger partial charge in [0.15, 0.2) is 0 Å². The fraction of sp³-hybridized carbons (Fsp3) is 0.800. The molecule has 3 nitrogen and oxygen atoms in total. The van der Waals surface area contributed by atoms with Crippen molar-refractivity contribution in [2.24, 2.45) is 5.73 Å². The molecule has 0 aliphatic heterocycles. The Morgan fingerprint density at radius 3 is 2.45 bits per heavy atom. The van der Waals surface area contributed by atoms with Crippen LogP contribution < -0.4 is 5.73 Å². The van der Waals surface area contributed by atoms with E-state index in [4.69, 9.17) is 10.8 Å². The molecule has 3 N–H and O–H groups in total. The zero-order valence-corrected chi connectivity index (χ0v) is 7.71. The molecule has 6 heteroatoms. The molecule has 0 bridgehead atoms. The van der Waals surface area contributed by atoms with Gasteiger partial charge in [-0.3, -0.25) is 4.79 Å². The van der Waals surface area contributed by atoms with Crippen molar-refractivity contribution in [1.29, 1.82) is 0 Å². The van der Waals surface area contributed by atoms with Crippen LogP contribution in [-0.4, -0.2) is 52.2 Å². The number of hydrogen-bond donors (Lipinski definition) is 2. The third-order valence-electron chi connectivity index (χ3n) is 0.950. The van der Waals surface area contributed by atoms with Crippen LogP contribution in [0.15, 0.2) is 0 Å². The van der Waals surface area contributed by atoms with Crippen LogP contribution in [0.1, 0.15) is 6.42 Å². The number of aliphatic carboxylic acids is 1. The molecule has 0 rings (SSSR count). The standard InChI is InChI=1S/C5H11NO2S.Mg.Mn.2H/c1-9-3-2-4(6)5(7)8;;;;/h4H,2-3,6H2,1H3,(H,7,8);;;;. The molecule has 0 saturated carbocycles. The van der Waals surface area contributed by atoms with Crippen molar-refractivity contribution in [3.8, 4) is 0 Å². The fourth-order valence-electron chi connectivity index (χ4n) is 0.368. The number of thioether (sulfide) groups is 1. The predicted molar refractivity (Wildman–Crippen MR) is 47.2 cm³/mol. The minimum absolute atomic E-state index is 0. The zero-order valence-electron chi connectivity index (χ0n) is 5.71. The molecule has 1 atom stereocenters. The molecule has 0 fully saturated rings. The minimum atomic E-state index is -0.913. The van der Waals surface area contributed by atoms with Gasteiger partial charge in [0.1, 0.15) is 6.04 Å². The summed E-state index contributed by atoms with van der Waals surface area (Å²) in [5.41, 5.74) is 5.19. The number of carboxylic acid groups (broad SMARTS) is 1. The molecular weight excluding hydrogens is 217 g/mol. The molecule has 0 aliphatic carbocycles. The van der Waals surface area contributed by atoms with Crippen LogP contribution in [0, 0.1) is 0 Å². The first-order valence-electron chi connectivity index (χ1n) is 2.65. The summed E-state index contributed by atoms with van der Waals surface area (Å²) in [7, 11) is 0. The number of rotatable bonds is 4. The summed E-state index contributed by atoms with van der Waals surface area (Å²) in [5.74, 6) is -0.1000. The van der Waals surface area contributed by atoms with Crippen LogP contribution in [0.3, 0.4) is 0 Å². The topological polar surface area (TPSA) is 63.3 Å². The Balaban J connectivity index is -0.000000320. The summed E-state index contributed by atoms with van der Waals surface area (Å²) in [6.07, 6.45) is 2.48. The van der Waals surface area contributed by atoms with Gasteiger partial charge in [-0.2, -0.15) is 11.8 Å². The number of hydrogen-bond acceptors (Lipinski definition) is 3. The van der Waals surface area contributed by atoms with Gasteiger partial charge in [0.2, 0.25) is 0 Å². The van der Waals surface area contributed by atoms with E-state index in [0.29, 0.717) is 6.42 Å². The molecule has 11 heavy (non-hydrogen) atoms. The fourth-order valence-corrected chi connectivity index (χ4v) is 0.858. The van der Waals surface area contributed by atoms with Gasteiger partial charge in [0.05, 0.1) is 0 Å². The summed E-state index contributed by atoms with van der Waals surface area (Å²) in [4.78, 5) is 10.1. The van der Waals surface area contributed by atoms with Crippen LogP contribution in [0.2, 0.25) is 0 Å². The van der Waals surface area contributed by atoms with Crippen LogP contribution in [0.5, 0.6) is 0 Å². The minimum Gasteiger partial charge on any atom is -0.480 e. The number of carboxylic acids is 1. The summed E-state index contributed by atoms with van der Waals surface area (Å²) < 4.78 is 0. The second kappa shape index (κ2) is 11.1. The van der Waals surface area contributed by atoms with Crippen molar-refractivity contribution >= 4 is 40.8 Å². The largest absolute Gasteiger partial charge is 0.480 e. The van der Waals surface area contributed by atoms with Crippen molar-refractivity contribution in [1.82, 2.24) is 0 Å². The first-order valence-corrected chi connectivity index (χ1v) is 4.05. The maximum Gasteiger partial charge on any atom is 0.320 e. The number of nitrogens with two attached hydrogens (primary N) is 1. The maximum atomic E-state index is 10.1. The van der Waals surface area contributed by atoms with E-state index in [-0.39, 0.29) is 40.1 Å². The van der Waals surface area contributed by atoms with Crippen molar-refractivity contribution < 1.29 is 27.0 Å². The molecule has 0 saturated heterocycles. The molecule has 0 aromatic rings. The van der Waals surface area contributed by atoms with Gasteiger partial charge < -0.3 is 10.8 Å². The van der Waals surface area contributed by atoms with E-state index in [0.717, 1.165) is 5.75 Å². The summed E-state index contributed by atoms with van der Waals surface area (Å²) in [6, 6.07) is -0.683. The Morgan fingerprint density at radius 1 is 1.73 bits per heavy atom. The maximum absolute atomic E-state index is 10.1. The van der Waals surface area contributed by atoms with Crippen LogP contribution in [-0.2, 0) is 21.9 Å². The van der Waals surface area contributed by atoms with Crippen LogP contribution in [0.4, 0.5) is 0 Å². The van der Waals surface area contributed by atoms with Crippen LogP contribution >= 0.6 is 11.8 Å². The second-order valence-corrected chi connectivity index (χ2v) is 2.71. The first kappa shape index (κ1) is 18.0. The van der Waals surface area contributed by atoms with E-state index in [9.17, 15) is 4.79 Å². The Morgan fingerprint density at radius 2 is 2.18 bits per heavy atom. The Labute approximate surface area is 97.5 Å². The van der Waals surface area contributed by atoms with Crippen molar-refractivity contribution in [2.45, 2.75) is 12.5 Å². The average molecular weight is 230 g/mol. The second-order valence-electron chi connectivity index (χ2n) is 1.73. The van der Waals surface area contributed by atoms with E-state index in [1.807, 2.05) is 6.26 Å². The van der Waals surface area contributed by atoms with Crippen molar-refractivity contribution in [3.05, 3.63) is 0 Å². The SMILES string of the molecule is CSCCC(N)C(=O)O.[MgH2].[Mn]. The average Bonchev–Trinajstić information content (AvgIpc) is 1.82. The van der Waals surface area contributed by atoms with Gasteiger partial charge in [0, 0.05) is 17.1 Å². The molecule has 0 aromatic heterocycles. The van der Waals surface area contributed by atoms with Crippen molar-refractivity contribution in [2.75, 3.05) is 12.0 Å². The van der Waals surface area contributed by atoms with Gasteiger partial charge in [0.25, 0.3) is 0 Å². The van der Waals surface area contributed by atoms with Crippen molar-refractivity contribution in [3.63, 3.8) is 0 Å². The van der Waals surface area contributed by atoms with Crippen LogP contribution in [0.25, 0.3) is 0 Å². The third-order valence-corrected chi connectivity index (χ3v) is 1.59. The van der Waals surface area contributed by atoms with E-state index < -0.39 is 12.0 Å². The Kier molecular flexibility index (Phi) is 18.1. The molecule has 0 aliphatic rings. The molecule has 0 heterocycles. The summed E-state index contributed by atoms with van der Waals surface area (Å²) in [5, 5.41) is 8.27. The molecule has 65 valence electrons. The van der Waals surface area contributed by atoms with E-state index in [1.165, 1.54) is 0 Å².